The first-order chi connectivity index (χ1) is 15.1. The predicted molar refractivity (Wildman–Crippen MR) is 126 cm³/mol. The number of hydrogen-bond acceptors (Lipinski definition) is 4. The Morgan fingerprint density at radius 3 is 2.31 bits per heavy atom. The standard InChI is InChI=1S/C23H22ClN3O4S/c1-15-20(23(29)25-2)11-6-12-21(15)26-22(28)16-7-4-10-19(13-16)32(30,31)27(3)18-9-5-8-17(24)14-18/h4-14H,1-3H3,(H,25,29)(H,26,28). The lowest BCUT2D eigenvalue weighted by Gasteiger charge is -2.20. The molecule has 0 aliphatic carbocycles. The average Bonchev–Trinajstić information content (AvgIpc) is 2.79. The second-order valence-corrected chi connectivity index (χ2v) is 9.40. The van der Waals surface area contributed by atoms with Crippen LogP contribution in [-0.4, -0.2) is 34.3 Å². The Morgan fingerprint density at radius 1 is 0.938 bits per heavy atom. The third-order valence-electron chi connectivity index (χ3n) is 4.98. The van der Waals surface area contributed by atoms with Crippen molar-refractivity contribution in [2.75, 3.05) is 23.7 Å². The highest BCUT2D eigenvalue weighted by Crippen LogP contribution is 2.26. The van der Waals surface area contributed by atoms with Crippen molar-refractivity contribution < 1.29 is 18.0 Å². The van der Waals surface area contributed by atoms with Crippen LogP contribution < -0.4 is 14.9 Å². The Bertz CT molecular complexity index is 1290. The lowest BCUT2D eigenvalue weighted by molar-refractivity contribution is 0.0960. The zero-order valence-electron chi connectivity index (χ0n) is 17.7. The van der Waals surface area contributed by atoms with Crippen molar-refractivity contribution in [3.8, 4) is 0 Å². The molecule has 9 heteroatoms. The highest BCUT2D eigenvalue weighted by atomic mass is 35.5. The van der Waals surface area contributed by atoms with Gasteiger partial charge in [0.25, 0.3) is 21.8 Å². The monoisotopic (exact) mass is 471 g/mol. The highest BCUT2D eigenvalue weighted by Gasteiger charge is 2.23. The number of amides is 2. The molecular weight excluding hydrogens is 450 g/mol. The molecule has 0 unspecified atom stereocenters. The minimum Gasteiger partial charge on any atom is -0.355 e. The average molecular weight is 472 g/mol. The van der Waals surface area contributed by atoms with Gasteiger partial charge < -0.3 is 10.6 Å². The molecule has 0 aliphatic heterocycles. The number of sulfonamides is 1. The number of nitrogens with zero attached hydrogens (tertiary/aromatic N) is 1. The molecule has 3 rings (SSSR count). The quantitative estimate of drug-likeness (QED) is 0.566. The molecule has 2 amide bonds. The molecular formula is C23H22ClN3O4S. The van der Waals surface area contributed by atoms with Gasteiger partial charge in [-0.2, -0.15) is 0 Å². The Morgan fingerprint density at radius 2 is 1.62 bits per heavy atom. The summed E-state index contributed by atoms with van der Waals surface area (Å²) >= 11 is 5.98. The molecule has 0 atom stereocenters. The van der Waals surface area contributed by atoms with E-state index in [0.29, 0.717) is 27.5 Å². The maximum atomic E-state index is 13.1. The number of nitrogens with one attached hydrogen (secondary N) is 2. The summed E-state index contributed by atoms with van der Waals surface area (Å²) in [5, 5.41) is 5.71. The molecule has 0 heterocycles. The van der Waals surface area contributed by atoms with E-state index in [-0.39, 0.29) is 16.4 Å². The molecule has 32 heavy (non-hydrogen) atoms. The molecule has 0 aromatic heterocycles. The molecule has 7 nitrogen and oxygen atoms in total. The SMILES string of the molecule is CNC(=O)c1cccc(NC(=O)c2cccc(S(=O)(=O)N(C)c3cccc(Cl)c3)c2)c1C. The smallest absolute Gasteiger partial charge is 0.264 e. The van der Waals surface area contributed by atoms with Crippen LogP contribution in [0.4, 0.5) is 11.4 Å². The van der Waals surface area contributed by atoms with Crippen molar-refractivity contribution in [3.63, 3.8) is 0 Å². The number of rotatable bonds is 6. The van der Waals surface area contributed by atoms with E-state index in [1.807, 2.05) is 0 Å². The molecule has 2 N–H and O–H groups in total. The highest BCUT2D eigenvalue weighted by molar-refractivity contribution is 7.92. The summed E-state index contributed by atoms with van der Waals surface area (Å²) in [6, 6.07) is 17.2. The molecule has 0 aliphatic rings. The minimum absolute atomic E-state index is 0.0385. The fourth-order valence-electron chi connectivity index (χ4n) is 3.11. The molecule has 166 valence electrons. The van der Waals surface area contributed by atoms with E-state index in [2.05, 4.69) is 10.6 Å². The van der Waals surface area contributed by atoms with E-state index < -0.39 is 15.9 Å². The number of anilines is 2. The Balaban J connectivity index is 1.89. The van der Waals surface area contributed by atoms with Crippen LogP contribution in [0.1, 0.15) is 26.3 Å². The molecule has 0 saturated carbocycles. The summed E-state index contributed by atoms with van der Waals surface area (Å²) in [5.74, 6) is -0.764. The van der Waals surface area contributed by atoms with Crippen molar-refractivity contribution in [1.29, 1.82) is 0 Å². The zero-order chi connectivity index (χ0) is 23.5. The van der Waals surface area contributed by atoms with Gasteiger partial charge in [0.15, 0.2) is 0 Å². The van der Waals surface area contributed by atoms with Crippen molar-refractivity contribution in [1.82, 2.24) is 5.32 Å². The molecule has 0 spiro atoms. The molecule has 0 fully saturated rings. The Kier molecular flexibility index (Phi) is 6.86. The largest absolute Gasteiger partial charge is 0.355 e. The lowest BCUT2D eigenvalue weighted by atomic mass is 10.1. The van der Waals surface area contributed by atoms with Crippen LogP contribution in [0.3, 0.4) is 0 Å². The van der Waals surface area contributed by atoms with Gasteiger partial charge in [-0.15, -0.1) is 0 Å². The summed E-state index contributed by atoms with van der Waals surface area (Å²) < 4.78 is 27.3. The maximum Gasteiger partial charge on any atom is 0.264 e. The van der Waals surface area contributed by atoms with E-state index in [0.717, 1.165) is 4.31 Å². The fraction of sp³-hybridized carbons (Fsp3) is 0.130. The molecule has 0 radical (unpaired) electrons. The number of halogens is 1. The third kappa shape index (κ3) is 4.76. The van der Waals surface area contributed by atoms with Crippen LogP contribution in [0.2, 0.25) is 5.02 Å². The first kappa shape index (κ1) is 23.3. The van der Waals surface area contributed by atoms with E-state index >= 15 is 0 Å². The fourth-order valence-corrected chi connectivity index (χ4v) is 4.53. The Labute approximate surface area is 192 Å². The molecule has 3 aromatic rings. The maximum absolute atomic E-state index is 13.1. The van der Waals surface area contributed by atoms with E-state index in [1.165, 1.54) is 44.4 Å². The van der Waals surface area contributed by atoms with Gasteiger partial charge >= 0.3 is 0 Å². The van der Waals surface area contributed by atoms with Gasteiger partial charge in [-0.3, -0.25) is 13.9 Å². The van der Waals surface area contributed by atoms with Gasteiger partial charge in [0.05, 0.1) is 10.6 Å². The van der Waals surface area contributed by atoms with Gasteiger partial charge in [-0.1, -0.05) is 29.8 Å². The first-order valence-corrected chi connectivity index (χ1v) is 11.4. The summed E-state index contributed by atoms with van der Waals surface area (Å²) in [4.78, 5) is 24.8. The molecule has 3 aromatic carbocycles. The van der Waals surface area contributed by atoms with Crippen LogP contribution in [0.25, 0.3) is 0 Å². The van der Waals surface area contributed by atoms with E-state index in [9.17, 15) is 18.0 Å². The van der Waals surface area contributed by atoms with Crippen molar-refractivity contribution in [2.24, 2.45) is 0 Å². The number of benzene rings is 3. The zero-order valence-corrected chi connectivity index (χ0v) is 19.3. The molecule has 0 saturated heterocycles. The normalized spacial score (nSPS) is 11.0. The number of carbonyl (C=O) groups is 2. The van der Waals surface area contributed by atoms with E-state index in [4.69, 9.17) is 11.6 Å². The molecule has 0 bridgehead atoms. The summed E-state index contributed by atoms with van der Waals surface area (Å²) in [6.07, 6.45) is 0. The van der Waals surface area contributed by atoms with Gasteiger partial charge in [0.2, 0.25) is 0 Å². The van der Waals surface area contributed by atoms with Gasteiger partial charge in [-0.05, 0) is 61.0 Å². The van der Waals surface area contributed by atoms with Crippen LogP contribution in [0, 0.1) is 6.92 Å². The number of carbonyl (C=O) groups excluding carboxylic acids is 2. The summed E-state index contributed by atoms with van der Waals surface area (Å²) in [6.45, 7) is 1.72. The van der Waals surface area contributed by atoms with Crippen LogP contribution >= 0.6 is 11.6 Å². The van der Waals surface area contributed by atoms with Gasteiger partial charge in [0.1, 0.15) is 0 Å². The first-order valence-electron chi connectivity index (χ1n) is 9.62. The topological polar surface area (TPSA) is 95.6 Å². The second kappa shape index (κ2) is 9.42. The third-order valence-corrected chi connectivity index (χ3v) is 7.00. The van der Waals surface area contributed by atoms with E-state index in [1.54, 1.807) is 43.3 Å². The van der Waals surface area contributed by atoms with Crippen LogP contribution in [0.5, 0.6) is 0 Å². The minimum atomic E-state index is -3.93. The Hall–Kier alpha value is -3.36. The van der Waals surface area contributed by atoms with Gasteiger partial charge in [0, 0.05) is 35.9 Å². The van der Waals surface area contributed by atoms with Gasteiger partial charge in [-0.25, -0.2) is 8.42 Å². The second-order valence-electron chi connectivity index (χ2n) is 6.99. The predicted octanol–water partition coefficient (Wildman–Crippen LogP) is 4.09. The number of hydrogen-bond donors (Lipinski definition) is 2. The van der Waals surface area contributed by atoms with Crippen molar-refractivity contribution in [3.05, 3.63) is 88.4 Å². The van der Waals surface area contributed by atoms with Crippen molar-refractivity contribution >= 4 is 44.8 Å². The lowest BCUT2D eigenvalue weighted by Crippen LogP contribution is -2.27. The van der Waals surface area contributed by atoms with Crippen LogP contribution in [-0.2, 0) is 10.0 Å². The summed E-state index contributed by atoms with van der Waals surface area (Å²) in [5.41, 5.74) is 2.05. The van der Waals surface area contributed by atoms with Crippen LogP contribution in [0.15, 0.2) is 71.6 Å². The summed E-state index contributed by atoms with van der Waals surface area (Å²) in [7, 11) is -0.980. The van der Waals surface area contributed by atoms with Crippen molar-refractivity contribution in [2.45, 2.75) is 11.8 Å².